The van der Waals surface area contributed by atoms with Crippen molar-refractivity contribution in [3.63, 3.8) is 0 Å². The Labute approximate surface area is 113 Å². The monoisotopic (exact) mass is 305 g/mol. The van der Waals surface area contributed by atoms with Crippen molar-refractivity contribution in [2.24, 2.45) is 11.7 Å². The van der Waals surface area contributed by atoms with Gasteiger partial charge in [0.05, 0.1) is 0 Å². The average molecular weight is 307 g/mol. The van der Waals surface area contributed by atoms with Crippen LogP contribution >= 0.6 is 28.3 Å². The largest absolute Gasteiger partial charge is 0.324 e. The Balaban J connectivity index is 0.00000225. The third-order valence-corrected chi connectivity index (χ3v) is 3.53. The molecule has 0 aliphatic rings. The first-order valence-electron chi connectivity index (χ1n) is 5.52. The van der Waals surface area contributed by atoms with E-state index in [2.05, 4.69) is 54.9 Å². The molecule has 0 aliphatic carbocycles. The lowest BCUT2D eigenvalue weighted by atomic mass is 9.98. The van der Waals surface area contributed by atoms with E-state index in [-0.39, 0.29) is 18.4 Å². The van der Waals surface area contributed by atoms with Gasteiger partial charge in [-0.05, 0) is 42.9 Å². The second-order valence-corrected chi connectivity index (χ2v) is 5.44. The number of nitrogens with two attached hydrogens (primary N) is 1. The fraction of sp³-hybridized carbons (Fsp3) is 0.538. The Morgan fingerprint density at radius 3 is 2.38 bits per heavy atom. The Hall–Kier alpha value is -0.0500. The predicted octanol–water partition coefficient (Wildman–Crippen LogP) is 4.62. The van der Waals surface area contributed by atoms with Gasteiger partial charge in [-0.15, -0.1) is 12.4 Å². The first-order chi connectivity index (χ1) is 7.00. The Morgan fingerprint density at radius 1 is 1.25 bits per heavy atom. The lowest BCUT2D eigenvalue weighted by molar-refractivity contribution is 0.507. The summed E-state index contributed by atoms with van der Waals surface area (Å²) in [7, 11) is 0. The maximum atomic E-state index is 6.14. The molecule has 0 radical (unpaired) electrons. The van der Waals surface area contributed by atoms with Crippen LogP contribution in [0.4, 0.5) is 0 Å². The van der Waals surface area contributed by atoms with Gasteiger partial charge in [-0.25, -0.2) is 0 Å². The third kappa shape index (κ3) is 4.86. The number of hydrogen-bond acceptors (Lipinski definition) is 1. The van der Waals surface area contributed by atoms with Crippen LogP contribution in [0.2, 0.25) is 0 Å². The maximum absolute atomic E-state index is 6.14. The number of benzene rings is 1. The minimum atomic E-state index is 0. The SMILES string of the molecule is Cc1ccc([C@H](N)CCC(C)C)cc1Br.Cl. The van der Waals surface area contributed by atoms with Gasteiger partial charge in [-0.3, -0.25) is 0 Å². The van der Waals surface area contributed by atoms with Crippen LogP contribution in [0.1, 0.15) is 43.9 Å². The highest BCUT2D eigenvalue weighted by atomic mass is 79.9. The van der Waals surface area contributed by atoms with Crippen LogP contribution in [0.15, 0.2) is 22.7 Å². The van der Waals surface area contributed by atoms with Crippen molar-refractivity contribution in [1.82, 2.24) is 0 Å². The number of halogens is 2. The molecular weight excluding hydrogens is 286 g/mol. The van der Waals surface area contributed by atoms with Crippen LogP contribution in [0, 0.1) is 12.8 Å². The van der Waals surface area contributed by atoms with Gasteiger partial charge < -0.3 is 5.73 Å². The summed E-state index contributed by atoms with van der Waals surface area (Å²) >= 11 is 3.54. The molecule has 92 valence electrons. The van der Waals surface area contributed by atoms with Gasteiger partial charge in [0.15, 0.2) is 0 Å². The Kier molecular flexibility index (Phi) is 7.29. The highest BCUT2D eigenvalue weighted by Crippen LogP contribution is 2.24. The van der Waals surface area contributed by atoms with Crippen molar-refractivity contribution in [1.29, 1.82) is 0 Å². The van der Waals surface area contributed by atoms with Crippen LogP contribution in [0.25, 0.3) is 0 Å². The average Bonchev–Trinajstić information content (AvgIpc) is 2.18. The highest BCUT2D eigenvalue weighted by Gasteiger charge is 2.08. The van der Waals surface area contributed by atoms with Crippen LogP contribution in [-0.4, -0.2) is 0 Å². The van der Waals surface area contributed by atoms with Gasteiger partial charge in [-0.1, -0.05) is 41.9 Å². The maximum Gasteiger partial charge on any atom is 0.0295 e. The van der Waals surface area contributed by atoms with Crippen molar-refractivity contribution < 1.29 is 0 Å². The number of hydrogen-bond donors (Lipinski definition) is 1. The zero-order chi connectivity index (χ0) is 11.4. The topological polar surface area (TPSA) is 26.0 Å². The molecule has 0 bridgehead atoms. The zero-order valence-corrected chi connectivity index (χ0v) is 12.6. The molecule has 1 atom stereocenters. The first kappa shape index (κ1) is 16.0. The summed E-state index contributed by atoms with van der Waals surface area (Å²) in [4.78, 5) is 0. The summed E-state index contributed by atoms with van der Waals surface area (Å²) in [5.74, 6) is 0.727. The highest BCUT2D eigenvalue weighted by molar-refractivity contribution is 9.10. The summed E-state index contributed by atoms with van der Waals surface area (Å²) in [5.41, 5.74) is 8.63. The summed E-state index contributed by atoms with van der Waals surface area (Å²) < 4.78 is 1.15. The quantitative estimate of drug-likeness (QED) is 0.863. The van der Waals surface area contributed by atoms with Gasteiger partial charge in [0.2, 0.25) is 0 Å². The fourth-order valence-corrected chi connectivity index (χ4v) is 1.92. The second kappa shape index (κ2) is 7.31. The lowest BCUT2D eigenvalue weighted by Crippen LogP contribution is -2.11. The molecule has 2 N–H and O–H groups in total. The minimum Gasteiger partial charge on any atom is -0.324 e. The van der Waals surface area contributed by atoms with Gasteiger partial charge in [0.25, 0.3) is 0 Å². The van der Waals surface area contributed by atoms with Crippen molar-refractivity contribution in [2.45, 2.75) is 39.7 Å². The molecule has 0 saturated carbocycles. The van der Waals surface area contributed by atoms with E-state index in [1.54, 1.807) is 0 Å². The first-order valence-corrected chi connectivity index (χ1v) is 6.31. The molecule has 0 fully saturated rings. The van der Waals surface area contributed by atoms with E-state index in [0.29, 0.717) is 0 Å². The molecule has 0 amide bonds. The van der Waals surface area contributed by atoms with Crippen molar-refractivity contribution in [2.75, 3.05) is 0 Å². The summed E-state index contributed by atoms with van der Waals surface area (Å²) in [6.07, 6.45) is 2.25. The van der Waals surface area contributed by atoms with Crippen molar-refractivity contribution in [3.05, 3.63) is 33.8 Å². The predicted molar refractivity (Wildman–Crippen MR) is 77.1 cm³/mol. The van der Waals surface area contributed by atoms with Crippen LogP contribution in [0.3, 0.4) is 0 Å². The van der Waals surface area contributed by atoms with Gasteiger partial charge in [0, 0.05) is 10.5 Å². The van der Waals surface area contributed by atoms with Crippen LogP contribution in [0.5, 0.6) is 0 Å². The summed E-state index contributed by atoms with van der Waals surface area (Å²) in [5, 5.41) is 0. The minimum absolute atomic E-state index is 0. The molecule has 1 aromatic rings. The lowest BCUT2D eigenvalue weighted by Gasteiger charge is -2.14. The molecule has 1 rings (SSSR count). The van der Waals surface area contributed by atoms with Gasteiger partial charge >= 0.3 is 0 Å². The van der Waals surface area contributed by atoms with Crippen LogP contribution in [-0.2, 0) is 0 Å². The molecule has 0 heterocycles. The van der Waals surface area contributed by atoms with Crippen LogP contribution < -0.4 is 5.73 Å². The van der Waals surface area contributed by atoms with E-state index in [0.717, 1.165) is 16.8 Å². The summed E-state index contributed by atoms with van der Waals surface area (Å²) in [6.45, 7) is 6.56. The molecule has 0 aromatic heterocycles. The Bertz CT molecular complexity index is 326. The van der Waals surface area contributed by atoms with E-state index in [1.165, 1.54) is 17.5 Å². The molecule has 1 nitrogen and oxygen atoms in total. The molecule has 0 unspecified atom stereocenters. The molecular formula is C13H21BrClN. The molecule has 3 heteroatoms. The van der Waals surface area contributed by atoms with E-state index in [9.17, 15) is 0 Å². The van der Waals surface area contributed by atoms with Crippen molar-refractivity contribution in [3.8, 4) is 0 Å². The standard InChI is InChI=1S/C13H20BrN.ClH/c1-9(2)4-7-13(15)11-6-5-10(3)12(14)8-11;/h5-6,8-9,13H,4,7,15H2,1-3H3;1H/t13-;/m1./s1. The van der Waals surface area contributed by atoms with E-state index in [4.69, 9.17) is 5.73 Å². The van der Waals surface area contributed by atoms with Crippen molar-refractivity contribution >= 4 is 28.3 Å². The molecule has 1 aromatic carbocycles. The van der Waals surface area contributed by atoms with E-state index < -0.39 is 0 Å². The zero-order valence-electron chi connectivity index (χ0n) is 10.2. The second-order valence-electron chi connectivity index (χ2n) is 4.59. The third-order valence-electron chi connectivity index (χ3n) is 2.68. The normalized spacial score (nSPS) is 12.4. The molecule has 0 aliphatic heterocycles. The smallest absolute Gasteiger partial charge is 0.0295 e. The Morgan fingerprint density at radius 2 is 1.88 bits per heavy atom. The van der Waals surface area contributed by atoms with Gasteiger partial charge in [0.1, 0.15) is 0 Å². The van der Waals surface area contributed by atoms with Gasteiger partial charge in [-0.2, -0.15) is 0 Å². The molecule has 0 saturated heterocycles. The van der Waals surface area contributed by atoms with E-state index >= 15 is 0 Å². The molecule has 0 spiro atoms. The summed E-state index contributed by atoms with van der Waals surface area (Å²) in [6, 6.07) is 6.56. The molecule has 16 heavy (non-hydrogen) atoms. The number of aryl methyl sites for hydroxylation is 1. The fourth-order valence-electron chi connectivity index (χ4n) is 1.52. The number of rotatable bonds is 4. The van der Waals surface area contributed by atoms with E-state index in [1.807, 2.05) is 0 Å².